The van der Waals surface area contributed by atoms with Gasteiger partial charge in [0.2, 0.25) is 10.0 Å². The number of sulfonamides is 1. The summed E-state index contributed by atoms with van der Waals surface area (Å²) in [6.45, 7) is 2.58. The van der Waals surface area contributed by atoms with Gasteiger partial charge in [0, 0.05) is 19.8 Å². The topological polar surface area (TPSA) is 104 Å². The summed E-state index contributed by atoms with van der Waals surface area (Å²) in [5.41, 5.74) is 0. The van der Waals surface area contributed by atoms with Gasteiger partial charge in [-0.05, 0) is 19.1 Å². The molecule has 0 aromatic carbocycles. The average molecular weight is 296 g/mol. The first-order valence-electron chi connectivity index (χ1n) is 6.05. The zero-order chi connectivity index (χ0) is 14.6. The number of hydrogen-bond acceptors (Lipinski definition) is 6. The Morgan fingerprint density at radius 2 is 2.20 bits per heavy atom. The smallest absolute Gasteiger partial charge is 0.246 e. The number of nitrogens with one attached hydrogen (secondary N) is 2. The number of aromatic nitrogens is 4. The van der Waals surface area contributed by atoms with Gasteiger partial charge in [-0.15, -0.1) is 0 Å². The zero-order valence-corrected chi connectivity index (χ0v) is 12.1. The highest BCUT2D eigenvalue weighted by Gasteiger charge is 2.25. The van der Waals surface area contributed by atoms with Crippen molar-refractivity contribution in [1.82, 2.24) is 24.5 Å². The van der Waals surface area contributed by atoms with Crippen LogP contribution >= 0.6 is 0 Å². The van der Waals surface area contributed by atoms with Gasteiger partial charge in [0.1, 0.15) is 22.9 Å². The second-order valence-corrected chi connectivity index (χ2v) is 6.09. The summed E-state index contributed by atoms with van der Waals surface area (Å²) in [4.78, 5) is 8.12. The Bertz CT molecular complexity index is 655. The summed E-state index contributed by atoms with van der Waals surface area (Å²) >= 11 is 0. The molecule has 2 aromatic rings. The van der Waals surface area contributed by atoms with Crippen LogP contribution in [0.25, 0.3) is 0 Å². The van der Waals surface area contributed by atoms with Crippen molar-refractivity contribution in [3.05, 3.63) is 30.5 Å². The van der Waals surface area contributed by atoms with Crippen molar-refractivity contribution in [3.8, 4) is 0 Å². The Balaban J connectivity index is 2.30. The lowest BCUT2D eigenvalue weighted by Crippen LogP contribution is -2.28. The molecule has 0 spiro atoms. The van der Waals surface area contributed by atoms with Gasteiger partial charge in [0.05, 0.1) is 6.54 Å². The molecule has 2 aromatic heterocycles. The minimum Gasteiger partial charge on any atom is -0.369 e. The Hall–Kier alpha value is -2.00. The van der Waals surface area contributed by atoms with E-state index >= 15 is 0 Å². The molecule has 0 aliphatic heterocycles. The van der Waals surface area contributed by atoms with Crippen LogP contribution in [-0.2, 0) is 16.6 Å². The van der Waals surface area contributed by atoms with Crippen molar-refractivity contribution in [1.29, 1.82) is 0 Å². The molecule has 8 nitrogen and oxygen atoms in total. The molecule has 0 atom stereocenters. The van der Waals surface area contributed by atoms with Crippen molar-refractivity contribution in [2.45, 2.75) is 18.4 Å². The first-order valence-corrected chi connectivity index (χ1v) is 7.49. The average Bonchev–Trinajstić information content (AvgIpc) is 2.92. The fourth-order valence-electron chi connectivity index (χ4n) is 1.67. The van der Waals surface area contributed by atoms with Crippen LogP contribution in [0.4, 0.5) is 5.82 Å². The van der Waals surface area contributed by atoms with Crippen LogP contribution in [0, 0.1) is 0 Å². The molecule has 0 saturated carbocycles. The third kappa shape index (κ3) is 2.94. The van der Waals surface area contributed by atoms with Gasteiger partial charge in [0.15, 0.2) is 0 Å². The molecule has 9 heteroatoms. The van der Waals surface area contributed by atoms with E-state index in [0.717, 1.165) is 0 Å². The van der Waals surface area contributed by atoms with E-state index < -0.39 is 10.0 Å². The lowest BCUT2D eigenvalue weighted by Gasteiger charge is -2.17. The molecule has 2 N–H and O–H groups in total. The predicted molar refractivity (Wildman–Crippen MR) is 73.4 cm³/mol. The minimum atomic E-state index is -3.65. The minimum absolute atomic E-state index is 0.114. The third-order valence-electron chi connectivity index (χ3n) is 2.64. The Labute approximate surface area is 117 Å². The van der Waals surface area contributed by atoms with Crippen LogP contribution in [-0.4, -0.2) is 46.5 Å². The summed E-state index contributed by atoms with van der Waals surface area (Å²) in [6, 6.07) is 3.12. The standard InChI is InChI=1S/C11H16N6O2S/c1-3-12-11-9(5-4-6-13-11)20(18,19)17(2)7-10-14-8-15-16-10/h4-6,8H,3,7H2,1-2H3,(H,12,13)(H,14,15,16). The van der Waals surface area contributed by atoms with Crippen molar-refractivity contribution in [3.63, 3.8) is 0 Å². The first kappa shape index (κ1) is 14.4. The van der Waals surface area contributed by atoms with Crippen LogP contribution in [0.5, 0.6) is 0 Å². The predicted octanol–water partition coefficient (Wildman–Crippen LogP) is 0.452. The highest BCUT2D eigenvalue weighted by Crippen LogP contribution is 2.22. The number of hydrogen-bond donors (Lipinski definition) is 2. The molecule has 0 amide bonds. The van der Waals surface area contributed by atoms with Gasteiger partial charge in [-0.2, -0.15) is 9.40 Å². The maximum Gasteiger partial charge on any atom is 0.246 e. The number of H-pyrrole nitrogens is 1. The van der Waals surface area contributed by atoms with Crippen molar-refractivity contribution in [2.24, 2.45) is 0 Å². The van der Waals surface area contributed by atoms with Gasteiger partial charge >= 0.3 is 0 Å². The van der Waals surface area contributed by atoms with E-state index in [1.165, 1.54) is 23.7 Å². The fourth-order valence-corrected chi connectivity index (χ4v) is 2.92. The lowest BCUT2D eigenvalue weighted by molar-refractivity contribution is 0.457. The number of rotatable bonds is 6. The molecule has 2 heterocycles. The summed E-state index contributed by atoms with van der Waals surface area (Å²) in [7, 11) is -2.16. The summed E-state index contributed by atoms with van der Waals surface area (Å²) in [6.07, 6.45) is 2.89. The molecule has 0 aliphatic carbocycles. The van der Waals surface area contributed by atoms with E-state index in [-0.39, 0.29) is 11.4 Å². The molecule has 0 saturated heterocycles. The van der Waals surface area contributed by atoms with Crippen LogP contribution in [0.15, 0.2) is 29.6 Å². The molecule has 0 aliphatic rings. The molecule has 0 bridgehead atoms. The molecule has 0 fully saturated rings. The highest BCUT2D eigenvalue weighted by molar-refractivity contribution is 7.89. The Morgan fingerprint density at radius 3 is 2.85 bits per heavy atom. The largest absolute Gasteiger partial charge is 0.369 e. The van der Waals surface area contributed by atoms with E-state index in [2.05, 4.69) is 25.5 Å². The van der Waals surface area contributed by atoms with Gasteiger partial charge in [-0.25, -0.2) is 18.4 Å². The number of pyridine rings is 1. The second kappa shape index (κ2) is 5.97. The SMILES string of the molecule is CCNc1ncccc1S(=O)(=O)N(C)Cc1ncn[nH]1. The van der Waals surface area contributed by atoms with E-state index in [1.54, 1.807) is 12.3 Å². The van der Waals surface area contributed by atoms with Gasteiger partial charge < -0.3 is 5.32 Å². The Morgan fingerprint density at radius 1 is 1.40 bits per heavy atom. The van der Waals surface area contributed by atoms with E-state index in [1.807, 2.05) is 6.92 Å². The number of anilines is 1. The van der Waals surface area contributed by atoms with Gasteiger partial charge in [0.25, 0.3) is 0 Å². The summed E-state index contributed by atoms with van der Waals surface area (Å²) in [5, 5.41) is 9.27. The van der Waals surface area contributed by atoms with E-state index in [9.17, 15) is 8.42 Å². The summed E-state index contributed by atoms with van der Waals surface area (Å²) in [5.74, 6) is 0.824. The lowest BCUT2D eigenvalue weighted by atomic mass is 10.4. The number of aromatic amines is 1. The molecule has 108 valence electrons. The summed E-state index contributed by atoms with van der Waals surface area (Å²) < 4.78 is 26.3. The molecule has 0 unspecified atom stereocenters. The van der Waals surface area contributed by atoms with Gasteiger partial charge in [-0.1, -0.05) is 0 Å². The molecule has 20 heavy (non-hydrogen) atoms. The Kier molecular flexibility index (Phi) is 4.30. The van der Waals surface area contributed by atoms with Crippen LogP contribution in [0.3, 0.4) is 0 Å². The third-order valence-corrected chi connectivity index (χ3v) is 4.48. The maximum atomic E-state index is 12.5. The number of nitrogens with zero attached hydrogens (tertiary/aromatic N) is 4. The van der Waals surface area contributed by atoms with Crippen LogP contribution < -0.4 is 5.32 Å². The van der Waals surface area contributed by atoms with Crippen LogP contribution in [0.2, 0.25) is 0 Å². The van der Waals surface area contributed by atoms with Crippen molar-refractivity contribution >= 4 is 15.8 Å². The normalized spacial score (nSPS) is 11.8. The monoisotopic (exact) mass is 296 g/mol. The van der Waals surface area contributed by atoms with E-state index in [0.29, 0.717) is 18.2 Å². The van der Waals surface area contributed by atoms with E-state index in [4.69, 9.17) is 0 Å². The van der Waals surface area contributed by atoms with Crippen LogP contribution in [0.1, 0.15) is 12.7 Å². The van der Waals surface area contributed by atoms with Crippen molar-refractivity contribution in [2.75, 3.05) is 18.9 Å². The molecular weight excluding hydrogens is 280 g/mol. The van der Waals surface area contributed by atoms with Gasteiger partial charge in [-0.3, -0.25) is 5.10 Å². The molecule has 0 radical (unpaired) electrons. The quantitative estimate of drug-likeness (QED) is 0.802. The highest BCUT2D eigenvalue weighted by atomic mass is 32.2. The molecular formula is C11H16N6O2S. The fraction of sp³-hybridized carbons (Fsp3) is 0.364. The van der Waals surface area contributed by atoms with Crippen molar-refractivity contribution < 1.29 is 8.42 Å². The zero-order valence-electron chi connectivity index (χ0n) is 11.2. The first-order chi connectivity index (χ1) is 9.55. The second-order valence-electron chi connectivity index (χ2n) is 4.07. The maximum absolute atomic E-state index is 12.5. The molecule has 2 rings (SSSR count).